The first-order chi connectivity index (χ1) is 11.3. The van der Waals surface area contributed by atoms with Crippen molar-refractivity contribution in [1.82, 2.24) is 4.57 Å². The lowest BCUT2D eigenvalue weighted by Gasteiger charge is -2.15. The number of fused-ring (bicyclic) bond motifs is 1. The summed E-state index contributed by atoms with van der Waals surface area (Å²) >= 11 is 0. The molecule has 0 saturated heterocycles. The lowest BCUT2D eigenvalue weighted by atomic mass is 9.95. The third-order valence-corrected chi connectivity index (χ3v) is 6.03. The molecule has 3 rings (SSSR count). The van der Waals surface area contributed by atoms with E-state index in [1.807, 2.05) is 32.0 Å². The minimum atomic E-state index is -3.31. The molecule has 0 bridgehead atoms. The summed E-state index contributed by atoms with van der Waals surface area (Å²) in [7, 11) is -3.31. The Morgan fingerprint density at radius 3 is 2.25 bits per heavy atom. The zero-order valence-corrected chi connectivity index (χ0v) is 15.7. The molecule has 0 N–H and O–H groups in total. The molecular weight excluding hydrogens is 318 g/mol. The minimum absolute atomic E-state index is 0.410. The Balaban J connectivity index is 2.55. The largest absolute Gasteiger partial charge is 0.345 e. The van der Waals surface area contributed by atoms with Crippen LogP contribution in [0.2, 0.25) is 0 Å². The summed E-state index contributed by atoms with van der Waals surface area (Å²) in [5.41, 5.74) is 6.27. The van der Waals surface area contributed by atoms with Gasteiger partial charge in [0, 0.05) is 40.5 Å². The third kappa shape index (κ3) is 2.46. The SMILES string of the molecule is CCn1c(C)c(-c2c(S(C)(=O)=O)ccc(C)c2C)c2ccccc21. The third-order valence-electron chi connectivity index (χ3n) is 4.89. The van der Waals surface area contributed by atoms with Gasteiger partial charge in [0.1, 0.15) is 0 Å². The highest BCUT2D eigenvalue weighted by molar-refractivity contribution is 7.90. The van der Waals surface area contributed by atoms with Crippen molar-refractivity contribution in [2.45, 2.75) is 39.1 Å². The normalized spacial score (nSPS) is 12.0. The first kappa shape index (κ1) is 16.8. The van der Waals surface area contributed by atoms with Gasteiger partial charge in [-0.15, -0.1) is 0 Å². The van der Waals surface area contributed by atoms with Crippen LogP contribution < -0.4 is 0 Å². The van der Waals surface area contributed by atoms with E-state index in [4.69, 9.17) is 0 Å². The molecule has 0 aliphatic heterocycles. The lowest BCUT2D eigenvalue weighted by Crippen LogP contribution is -2.04. The molecule has 0 spiro atoms. The second-order valence-electron chi connectivity index (χ2n) is 6.37. The van der Waals surface area contributed by atoms with Crippen LogP contribution in [0.25, 0.3) is 22.0 Å². The zero-order valence-electron chi connectivity index (χ0n) is 14.8. The maximum Gasteiger partial charge on any atom is 0.176 e. The average Bonchev–Trinajstić information content (AvgIpc) is 2.80. The van der Waals surface area contributed by atoms with E-state index in [0.29, 0.717) is 4.90 Å². The van der Waals surface area contributed by atoms with Gasteiger partial charge in [0.05, 0.1) is 4.90 Å². The number of benzene rings is 2. The van der Waals surface area contributed by atoms with Gasteiger partial charge in [0.2, 0.25) is 0 Å². The molecule has 0 unspecified atom stereocenters. The number of para-hydroxylation sites is 1. The second kappa shape index (κ2) is 5.78. The number of nitrogens with zero attached hydrogens (tertiary/aromatic N) is 1. The smallest absolute Gasteiger partial charge is 0.176 e. The highest BCUT2D eigenvalue weighted by atomic mass is 32.2. The Morgan fingerprint density at radius 2 is 1.62 bits per heavy atom. The Kier molecular flexibility index (Phi) is 4.04. The average molecular weight is 341 g/mol. The first-order valence-corrected chi connectivity index (χ1v) is 10.0. The fraction of sp³-hybridized carbons (Fsp3) is 0.300. The van der Waals surface area contributed by atoms with Gasteiger partial charge < -0.3 is 4.57 Å². The predicted molar refractivity (Wildman–Crippen MR) is 100 cm³/mol. The van der Waals surface area contributed by atoms with Crippen LogP contribution in [-0.2, 0) is 16.4 Å². The molecule has 0 fully saturated rings. The molecule has 0 atom stereocenters. The summed E-state index contributed by atoms with van der Waals surface area (Å²) in [6, 6.07) is 11.8. The van der Waals surface area contributed by atoms with Crippen molar-refractivity contribution in [3.63, 3.8) is 0 Å². The molecule has 2 aromatic carbocycles. The standard InChI is InChI=1S/C20H23NO2S/c1-6-21-15(4)20(16-9-7-8-10-17(16)21)19-14(3)13(2)11-12-18(19)24(5,22)23/h7-12H,6H2,1-5H3. The highest BCUT2D eigenvalue weighted by Gasteiger charge is 2.23. The molecule has 0 saturated carbocycles. The Labute approximate surface area is 143 Å². The van der Waals surface area contributed by atoms with Crippen molar-refractivity contribution in [1.29, 1.82) is 0 Å². The summed E-state index contributed by atoms with van der Waals surface area (Å²) in [6.07, 6.45) is 1.29. The van der Waals surface area contributed by atoms with E-state index >= 15 is 0 Å². The first-order valence-electron chi connectivity index (χ1n) is 8.15. The fourth-order valence-electron chi connectivity index (χ4n) is 3.56. The van der Waals surface area contributed by atoms with Crippen molar-refractivity contribution in [2.75, 3.05) is 6.26 Å². The number of rotatable bonds is 3. The molecule has 24 heavy (non-hydrogen) atoms. The van der Waals surface area contributed by atoms with Crippen molar-refractivity contribution >= 4 is 20.7 Å². The topological polar surface area (TPSA) is 39.1 Å². The van der Waals surface area contributed by atoms with Gasteiger partial charge in [0.15, 0.2) is 9.84 Å². The van der Waals surface area contributed by atoms with Gasteiger partial charge in [-0.3, -0.25) is 0 Å². The summed E-state index contributed by atoms with van der Waals surface area (Å²) in [5.74, 6) is 0. The number of sulfone groups is 1. The molecular formula is C20H23NO2S. The number of hydrogen-bond acceptors (Lipinski definition) is 2. The van der Waals surface area contributed by atoms with Gasteiger partial charge in [-0.25, -0.2) is 8.42 Å². The van der Waals surface area contributed by atoms with E-state index in [2.05, 4.69) is 30.5 Å². The van der Waals surface area contributed by atoms with Crippen LogP contribution in [0.3, 0.4) is 0 Å². The molecule has 126 valence electrons. The van der Waals surface area contributed by atoms with Crippen LogP contribution in [0.5, 0.6) is 0 Å². The van der Waals surface area contributed by atoms with E-state index < -0.39 is 9.84 Å². The summed E-state index contributed by atoms with van der Waals surface area (Å²) in [6.45, 7) is 9.08. The Hall–Kier alpha value is -2.07. The number of aryl methyl sites for hydroxylation is 2. The molecule has 4 heteroatoms. The van der Waals surface area contributed by atoms with Crippen LogP contribution in [0.1, 0.15) is 23.7 Å². The Morgan fingerprint density at radius 1 is 0.958 bits per heavy atom. The van der Waals surface area contributed by atoms with Gasteiger partial charge in [0.25, 0.3) is 0 Å². The summed E-state index contributed by atoms with van der Waals surface area (Å²) < 4.78 is 27.1. The van der Waals surface area contributed by atoms with E-state index in [1.54, 1.807) is 6.07 Å². The maximum absolute atomic E-state index is 12.4. The fourth-order valence-corrected chi connectivity index (χ4v) is 4.51. The molecule has 0 aliphatic carbocycles. The molecule has 1 heterocycles. The lowest BCUT2D eigenvalue weighted by molar-refractivity contribution is 0.602. The van der Waals surface area contributed by atoms with Crippen LogP contribution in [-0.4, -0.2) is 19.2 Å². The van der Waals surface area contributed by atoms with Crippen molar-refractivity contribution in [3.8, 4) is 11.1 Å². The van der Waals surface area contributed by atoms with E-state index in [9.17, 15) is 8.42 Å². The molecule has 3 nitrogen and oxygen atoms in total. The van der Waals surface area contributed by atoms with E-state index in [1.165, 1.54) is 6.26 Å². The molecule has 0 amide bonds. The second-order valence-corrected chi connectivity index (χ2v) is 8.36. The van der Waals surface area contributed by atoms with Crippen molar-refractivity contribution in [3.05, 3.63) is 53.2 Å². The predicted octanol–water partition coefficient (Wildman–Crippen LogP) is 4.66. The minimum Gasteiger partial charge on any atom is -0.345 e. The zero-order chi connectivity index (χ0) is 17.6. The number of hydrogen-bond donors (Lipinski definition) is 0. The quantitative estimate of drug-likeness (QED) is 0.695. The monoisotopic (exact) mass is 341 g/mol. The van der Waals surface area contributed by atoms with E-state index in [-0.39, 0.29) is 0 Å². The Bertz CT molecular complexity index is 1040. The van der Waals surface area contributed by atoms with Gasteiger partial charge in [-0.2, -0.15) is 0 Å². The summed E-state index contributed by atoms with van der Waals surface area (Å²) in [4.78, 5) is 0.410. The maximum atomic E-state index is 12.4. The molecule has 0 radical (unpaired) electrons. The van der Waals surface area contributed by atoms with Crippen LogP contribution in [0, 0.1) is 20.8 Å². The van der Waals surface area contributed by atoms with Crippen molar-refractivity contribution < 1.29 is 8.42 Å². The van der Waals surface area contributed by atoms with Gasteiger partial charge in [-0.05, 0) is 51.0 Å². The molecule has 3 aromatic rings. The van der Waals surface area contributed by atoms with Crippen LogP contribution >= 0.6 is 0 Å². The summed E-state index contributed by atoms with van der Waals surface area (Å²) in [5, 5.41) is 1.11. The van der Waals surface area contributed by atoms with Crippen molar-refractivity contribution in [2.24, 2.45) is 0 Å². The van der Waals surface area contributed by atoms with Gasteiger partial charge >= 0.3 is 0 Å². The molecule has 0 aliphatic rings. The van der Waals surface area contributed by atoms with Crippen LogP contribution in [0.4, 0.5) is 0 Å². The van der Waals surface area contributed by atoms with E-state index in [0.717, 1.165) is 45.4 Å². The highest BCUT2D eigenvalue weighted by Crippen LogP contribution is 2.40. The number of aromatic nitrogens is 1. The van der Waals surface area contributed by atoms with Gasteiger partial charge in [-0.1, -0.05) is 24.3 Å². The molecule has 1 aromatic heterocycles. The van der Waals surface area contributed by atoms with Crippen LogP contribution in [0.15, 0.2) is 41.3 Å².